The van der Waals surface area contributed by atoms with E-state index in [2.05, 4.69) is 10.1 Å². The average molecular weight is 419 g/mol. The summed E-state index contributed by atoms with van der Waals surface area (Å²) in [4.78, 5) is 17.1. The molecule has 1 aromatic heterocycles. The monoisotopic (exact) mass is 419 g/mol. The minimum absolute atomic E-state index is 0.0630. The lowest BCUT2D eigenvalue weighted by molar-refractivity contribution is 0.0747. The van der Waals surface area contributed by atoms with Crippen molar-refractivity contribution in [3.63, 3.8) is 0 Å². The van der Waals surface area contributed by atoms with Crippen LogP contribution in [0.5, 0.6) is 0 Å². The van der Waals surface area contributed by atoms with Gasteiger partial charge < -0.3 is 14.3 Å². The molecule has 0 atom stereocenters. The molecule has 3 aromatic carbocycles. The van der Waals surface area contributed by atoms with Crippen molar-refractivity contribution in [3.05, 3.63) is 83.9 Å². The largest absolute Gasteiger partial charge is 0.368 e. The Morgan fingerprint density at radius 1 is 0.839 bits per heavy atom. The summed E-state index contributed by atoms with van der Waals surface area (Å²) in [5.41, 5.74) is 2.83. The zero-order valence-electron chi connectivity index (χ0n) is 16.6. The van der Waals surface area contributed by atoms with E-state index in [1.165, 1.54) is 24.3 Å². The van der Waals surface area contributed by atoms with Gasteiger partial charge in [0.25, 0.3) is 5.91 Å². The lowest BCUT2D eigenvalue weighted by Crippen LogP contribution is -2.48. The van der Waals surface area contributed by atoms with Crippen LogP contribution in [-0.2, 0) is 0 Å². The highest BCUT2D eigenvalue weighted by Gasteiger charge is 2.23. The number of halogens is 2. The van der Waals surface area contributed by atoms with Gasteiger partial charge >= 0.3 is 0 Å². The van der Waals surface area contributed by atoms with Gasteiger partial charge in [-0.2, -0.15) is 0 Å². The fourth-order valence-electron chi connectivity index (χ4n) is 3.89. The molecule has 1 amide bonds. The van der Waals surface area contributed by atoms with Crippen molar-refractivity contribution in [1.29, 1.82) is 0 Å². The third-order valence-electron chi connectivity index (χ3n) is 5.59. The second-order valence-electron chi connectivity index (χ2n) is 7.51. The third-order valence-corrected chi connectivity index (χ3v) is 5.59. The molecule has 156 valence electrons. The van der Waals surface area contributed by atoms with Crippen molar-refractivity contribution in [3.8, 4) is 11.3 Å². The summed E-state index contributed by atoms with van der Waals surface area (Å²) >= 11 is 0. The Bertz CT molecular complexity index is 1230. The second-order valence-corrected chi connectivity index (χ2v) is 7.51. The molecule has 4 aromatic rings. The summed E-state index contributed by atoms with van der Waals surface area (Å²) in [6, 6.07) is 17.6. The number of hydrogen-bond acceptors (Lipinski definition) is 4. The lowest BCUT2D eigenvalue weighted by Gasteiger charge is -2.36. The molecule has 0 radical (unpaired) electrons. The molecule has 1 aliphatic heterocycles. The van der Waals surface area contributed by atoms with Gasteiger partial charge in [0.1, 0.15) is 17.2 Å². The summed E-state index contributed by atoms with van der Waals surface area (Å²) in [7, 11) is 0. The van der Waals surface area contributed by atoms with Gasteiger partial charge in [-0.25, -0.2) is 8.78 Å². The fraction of sp³-hybridized carbons (Fsp3) is 0.167. The number of carbonyl (C=O) groups excluding carboxylic acids is 1. The molecule has 0 aliphatic carbocycles. The number of piperazine rings is 1. The molecule has 1 fully saturated rings. The van der Waals surface area contributed by atoms with Crippen LogP contribution in [0.1, 0.15) is 10.4 Å². The van der Waals surface area contributed by atoms with Crippen molar-refractivity contribution >= 4 is 22.5 Å². The van der Waals surface area contributed by atoms with Crippen LogP contribution in [0.25, 0.3) is 22.2 Å². The van der Waals surface area contributed by atoms with Crippen LogP contribution in [0.4, 0.5) is 14.5 Å². The Morgan fingerprint density at radius 2 is 1.48 bits per heavy atom. The SMILES string of the molecule is O=C(c1ccc2noc(-c3ccc(F)cc3)c2c1)N1CCN(c2ccc(F)cc2)CC1. The first-order valence-corrected chi connectivity index (χ1v) is 10.0. The number of anilines is 1. The van der Waals surface area contributed by atoms with Crippen molar-refractivity contribution in [2.75, 3.05) is 31.1 Å². The zero-order chi connectivity index (χ0) is 21.4. The number of nitrogens with zero attached hydrogens (tertiary/aromatic N) is 3. The van der Waals surface area contributed by atoms with Crippen LogP contribution in [0.15, 0.2) is 71.3 Å². The van der Waals surface area contributed by atoms with E-state index in [9.17, 15) is 13.6 Å². The van der Waals surface area contributed by atoms with Gasteiger partial charge in [0, 0.05) is 43.0 Å². The zero-order valence-corrected chi connectivity index (χ0v) is 16.6. The predicted molar refractivity (Wildman–Crippen MR) is 114 cm³/mol. The highest BCUT2D eigenvalue weighted by molar-refractivity contribution is 6.01. The smallest absolute Gasteiger partial charge is 0.254 e. The molecular formula is C24H19F2N3O2. The van der Waals surface area contributed by atoms with Crippen molar-refractivity contribution in [2.24, 2.45) is 0 Å². The van der Waals surface area contributed by atoms with Gasteiger partial charge in [0.15, 0.2) is 5.76 Å². The highest BCUT2D eigenvalue weighted by atomic mass is 19.1. The fourth-order valence-corrected chi connectivity index (χ4v) is 3.89. The molecule has 0 unspecified atom stereocenters. The van der Waals surface area contributed by atoms with Crippen LogP contribution < -0.4 is 4.90 Å². The Labute approximate surface area is 177 Å². The molecule has 5 rings (SSSR count). The van der Waals surface area contributed by atoms with Gasteiger partial charge in [0.2, 0.25) is 0 Å². The first-order valence-electron chi connectivity index (χ1n) is 10.0. The molecule has 31 heavy (non-hydrogen) atoms. The molecule has 0 bridgehead atoms. The first-order chi connectivity index (χ1) is 15.1. The molecule has 1 saturated heterocycles. The van der Waals surface area contributed by atoms with E-state index in [0.717, 1.165) is 5.69 Å². The van der Waals surface area contributed by atoms with E-state index >= 15 is 0 Å². The van der Waals surface area contributed by atoms with E-state index in [4.69, 9.17) is 4.52 Å². The first kappa shape index (κ1) is 19.2. The number of hydrogen-bond donors (Lipinski definition) is 0. The Morgan fingerprint density at radius 3 is 2.16 bits per heavy atom. The summed E-state index contributed by atoms with van der Waals surface area (Å²) < 4.78 is 31.9. The molecule has 2 heterocycles. The maximum atomic E-state index is 13.3. The second kappa shape index (κ2) is 7.83. The van der Waals surface area contributed by atoms with Gasteiger partial charge in [-0.05, 0) is 66.7 Å². The maximum Gasteiger partial charge on any atom is 0.254 e. The topological polar surface area (TPSA) is 49.6 Å². The van der Waals surface area contributed by atoms with E-state index in [1.54, 1.807) is 42.5 Å². The highest BCUT2D eigenvalue weighted by Crippen LogP contribution is 2.30. The Balaban J connectivity index is 1.35. The molecule has 0 saturated carbocycles. The Hall–Kier alpha value is -3.74. The molecule has 7 heteroatoms. The van der Waals surface area contributed by atoms with Crippen molar-refractivity contribution in [2.45, 2.75) is 0 Å². The minimum atomic E-state index is -0.330. The van der Waals surface area contributed by atoms with Crippen LogP contribution >= 0.6 is 0 Å². The van der Waals surface area contributed by atoms with Crippen LogP contribution in [-0.4, -0.2) is 42.1 Å². The molecule has 1 aliphatic rings. The number of rotatable bonds is 3. The van der Waals surface area contributed by atoms with E-state index in [1.807, 2.05) is 4.90 Å². The summed E-state index contributed by atoms with van der Waals surface area (Å²) in [5.74, 6) is -0.150. The van der Waals surface area contributed by atoms with Crippen molar-refractivity contribution in [1.82, 2.24) is 10.1 Å². The Kier molecular flexibility index (Phi) is 4.86. The maximum absolute atomic E-state index is 13.3. The van der Waals surface area contributed by atoms with Gasteiger partial charge in [-0.1, -0.05) is 5.16 Å². The minimum Gasteiger partial charge on any atom is -0.368 e. The summed E-state index contributed by atoms with van der Waals surface area (Å²) in [5, 5.41) is 4.76. The van der Waals surface area contributed by atoms with Gasteiger partial charge in [-0.15, -0.1) is 0 Å². The number of fused-ring (bicyclic) bond motifs is 1. The number of aromatic nitrogens is 1. The molecular weight excluding hydrogens is 400 g/mol. The van der Waals surface area contributed by atoms with Gasteiger partial charge in [-0.3, -0.25) is 4.79 Å². The third kappa shape index (κ3) is 3.74. The lowest BCUT2D eigenvalue weighted by atomic mass is 10.1. The van der Waals surface area contributed by atoms with Gasteiger partial charge in [0.05, 0.1) is 5.39 Å². The van der Waals surface area contributed by atoms with Crippen LogP contribution in [0.2, 0.25) is 0 Å². The predicted octanol–water partition coefficient (Wildman–Crippen LogP) is 4.74. The van der Waals surface area contributed by atoms with Crippen LogP contribution in [0.3, 0.4) is 0 Å². The van der Waals surface area contributed by atoms with E-state index < -0.39 is 0 Å². The molecule has 5 nitrogen and oxygen atoms in total. The summed E-state index contributed by atoms with van der Waals surface area (Å²) in [6.07, 6.45) is 0. The molecule has 0 N–H and O–H groups in total. The summed E-state index contributed by atoms with van der Waals surface area (Å²) in [6.45, 7) is 2.49. The average Bonchev–Trinajstić information content (AvgIpc) is 3.23. The number of amides is 1. The quantitative estimate of drug-likeness (QED) is 0.482. The van der Waals surface area contributed by atoms with Crippen LogP contribution in [0, 0.1) is 11.6 Å². The van der Waals surface area contributed by atoms with Crippen molar-refractivity contribution < 1.29 is 18.1 Å². The number of benzene rings is 3. The normalized spacial score (nSPS) is 14.3. The van der Waals surface area contributed by atoms with E-state index in [-0.39, 0.29) is 17.5 Å². The number of carbonyl (C=O) groups is 1. The standard InChI is InChI=1S/C24H19F2N3O2/c25-18-4-1-16(2-5-18)23-21-15-17(3-10-22(21)27-31-23)24(30)29-13-11-28(12-14-29)20-8-6-19(26)7-9-20/h1-10,15H,11-14H2. The molecule has 0 spiro atoms. The van der Waals surface area contributed by atoms with E-state index in [0.29, 0.717) is 54.0 Å².